The predicted molar refractivity (Wildman–Crippen MR) is 61.9 cm³/mol. The standard InChI is InChI=1S/C11H20F3N3O/c1-8(15)9-2-4-17(5-3-9)6-10(18)16-7-11(12,13)14/h8-9H,2-7,15H2,1H3,(H,16,18). The molecule has 1 unspecified atom stereocenters. The van der Waals surface area contributed by atoms with Gasteiger partial charge in [-0.25, -0.2) is 0 Å². The van der Waals surface area contributed by atoms with E-state index in [1.165, 1.54) is 0 Å². The van der Waals surface area contributed by atoms with Gasteiger partial charge < -0.3 is 11.1 Å². The molecule has 1 saturated heterocycles. The molecule has 1 aliphatic heterocycles. The Labute approximate surface area is 105 Å². The number of carbonyl (C=O) groups excluding carboxylic acids is 1. The molecule has 0 aromatic carbocycles. The normalized spacial score (nSPS) is 20.7. The average Bonchev–Trinajstić information content (AvgIpc) is 2.26. The van der Waals surface area contributed by atoms with Gasteiger partial charge in [-0.05, 0) is 38.8 Å². The SMILES string of the molecule is CC(N)C1CCN(CC(=O)NCC(F)(F)F)CC1. The van der Waals surface area contributed by atoms with Crippen molar-refractivity contribution in [3.05, 3.63) is 0 Å². The molecule has 0 aliphatic carbocycles. The minimum atomic E-state index is -4.35. The number of piperidine rings is 1. The Morgan fingerprint density at radius 2 is 2.00 bits per heavy atom. The van der Waals surface area contributed by atoms with E-state index in [-0.39, 0.29) is 12.6 Å². The van der Waals surface area contributed by atoms with E-state index in [9.17, 15) is 18.0 Å². The molecule has 4 nitrogen and oxygen atoms in total. The van der Waals surface area contributed by atoms with E-state index in [0.29, 0.717) is 19.0 Å². The summed E-state index contributed by atoms with van der Waals surface area (Å²) in [6.07, 6.45) is -2.56. The Morgan fingerprint density at radius 3 is 2.44 bits per heavy atom. The van der Waals surface area contributed by atoms with Crippen LogP contribution in [0.25, 0.3) is 0 Å². The third-order valence-corrected chi connectivity index (χ3v) is 3.23. The molecule has 0 saturated carbocycles. The molecule has 0 aromatic rings. The fourth-order valence-corrected chi connectivity index (χ4v) is 2.09. The third kappa shape index (κ3) is 5.68. The molecule has 1 amide bonds. The van der Waals surface area contributed by atoms with Crippen LogP contribution in [-0.2, 0) is 4.79 Å². The number of nitrogens with one attached hydrogen (secondary N) is 1. The molecule has 0 bridgehead atoms. The molecular weight excluding hydrogens is 247 g/mol. The fraction of sp³-hybridized carbons (Fsp3) is 0.909. The molecule has 0 spiro atoms. The van der Waals surface area contributed by atoms with Crippen molar-refractivity contribution in [2.75, 3.05) is 26.2 Å². The predicted octanol–water partition coefficient (Wildman–Crippen LogP) is 0.724. The zero-order chi connectivity index (χ0) is 13.8. The lowest BCUT2D eigenvalue weighted by molar-refractivity contribution is -0.139. The maximum absolute atomic E-state index is 11.9. The highest BCUT2D eigenvalue weighted by atomic mass is 19.4. The zero-order valence-corrected chi connectivity index (χ0v) is 10.5. The summed E-state index contributed by atoms with van der Waals surface area (Å²) in [4.78, 5) is 13.2. The molecule has 106 valence electrons. The van der Waals surface area contributed by atoms with Crippen LogP contribution in [-0.4, -0.2) is 49.2 Å². The van der Waals surface area contributed by atoms with Gasteiger partial charge in [0.15, 0.2) is 0 Å². The second-order valence-electron chi connectivity index (χ2n) is 4.86. The van der Waals surface area contributed by atoms with Gasteiger partial charge in [-0.15, -0.1) is 0 Å². The lowest BCUT2D eigenvalue weighted by atomic mass is 9.91. The van der Waals surface area contributed by atoms with Crippen molar-refractivity contribution in [2.45, 2.75) is 32.0 Å². The second kappa shape index (κ2) is 6.38. The smallest absolute Gasteiger partial charge is 0.346 e. The van der Waals surface area contributed by atoms with E-state index >= 15 is 0 Å². The molecule has 1 aliphatic rings. The highest BCUT2D eigenvalue weighted by Gasteiger charge is 2.28. The average molecular weight is 267 g/mol. The Hall–Kier alpha value is -0.820. The number of carbonyl (C=O) groups is 1. The maximum Gasteiger partial charge on any atom is 0.405 e. The third-order valence-electron chi connectivity index (χ3n) is 3.23. The monoisotopic (exact) mass is 267 g/mol. The zero-order valence-electron chi connectivity index (χ0n) is 10.5. The fourth-order valence-electron chi connectivity index (χ4n) is 2.09. The van der Waals surface area contributed by atoms with Crippen molar-refractivity contribution in [3.63, 3.8) is 0 Å². The number of rotatable bonds is 4. The largest absolute Gasteiger partial charge is 0.405 e. The molecule has 1 fully saturated rings. The van der Waals surface area contributed by atoms with Gasteiger partial charge in [-0.2, -0.15) is 13.2 Å². The molecule has 0 aromatic heterocycles. The van der Waals surface area contributed by atoms with Gasteiger partial charge in [-0.1, -0.05) is 0 Å². The van der Waals surface area contributed by atoms with E-state index in [2.05, 4.69) is 0 Å². The van der Waals surface area contributed by atoms with Crippen LogP contribution < -0.4 is 11.1 Å². The van der Waals surface area contributed by atoms with Crippen LogP contribution in [0.2, 0.25) is 0 Å². The van der Waals surface area contributed by atoms with Crippen LogP contribution in [0.4, 0.5) is 13.2 Å². The molecule has 18 heavy (non-hydrogen) atoms. The molecule has 1 atom stereocenters. The van der Waals surface area contributed by atoms with Crippen LogP contribution in [0.15, 0.2) is 0 Å². The molecule has 1 rings (SSSR count). The van der Waals surface area contributed by atoms with Crippen molar-refractivity contribution >= 4 is 5.91 Å². The molecule has 1 heterocycles. The van der Waals surface area contributed by atoms with Gasteiger partial charge in [0.2, 0.25) is 5.91 Å². The Morgan fingerprint density at radius 1 is 1.44 bits per heavy atom. The first-order chi connectivity index (χ1) is 8.28. The highest BCUT2D eigenvalue weighted by Crippen LogP contribution is 2.19. The summed E-state index contributed by atoms with van der Waals surface area (Å²) in [6.45, 7) is 2.15. The van der Waals surface area contributed by atoms with E-state index in [4.69, 9.17) is 5.73 Å². The molecule has 0 radical (unpaired) electrons. The van der Waals surface area contributed by atoms with E-state index < -0.39 is 18.6 Å². The highest BCUT2D eigenvalue weighted by molar-refractivity contribution is 5.78. The van der Waals surface area contributed by atoms with Crippen molar-refractivity contribution in [3.8, 4) is 0 Å². The van der Waals surface area contributed by atoms with Crippen LogP contribution in [0.5, 0.6) is 0 Å². The minimum Gasteiger partial charge on any atom is -0.346 e. The number of hydrogen-bond donors (Lipinski definition) is 2. The lowest BCUT2D eigenvalue weighted by Gasteiger charge is -2.33. The van der Waals surface area contributed by atoms with Crippen molar-refractivity contribution < 1.29 is 18.0 Å². The van der Waals surface area contributed by atoms with E-state index in [1.54, 1.807) is 0 Å². The van der Waals surface area contributed by atoms with E-state index in [0.717, 1.165) is 12.8 Å². The summed E-state index contributed by atoms with van der Waals surface area (Å²) >= 11 is 0. The summed E-state index contributed by atoms with van der Waals surface area (Å²) in [5.41, 5.74) is 5.79. The van der Waals surface area contributed by atoms with E-state index in [1.807, 2.05) is 17.1 Å². The molecule has 3 N–H and O–H groups in total. The summed E-state index contributed by atoms with van der Waals surface area (Å²) < 4.78 is 35.7. The number of likely N-dealkylation sites (tertiary alicyclic amines) is 1. The first-order valence-corrected chi connectivity index (χ1v) is 6.09. The number of alkyl halides is 3. The maximum atomic E-state index is 11.9. The first-order valence-electron chi connectivity index (χ1n) is 6.09. The van der Waals surface area contributed by atoms with Crippen molar-refractivity contribution in [2.24, 2.45) is 11.7 Å². The van der Waals surface area contributed by atoms with Crippen LogP contribution in [0.1, 0.15) is 19.8 Å². The van der Waals surface area contributed by atoms with Gasteiger partial charge in [0, 0.05) is 6.04 Å². The molecule has 7 heteroatoms. The van der Waals surface area contributed by atoms with Gasteiger partial charge in [0.25, 0.3) is 0 Å². The Bertz CT molecular complexity index is 273. The van der Waals surface area contributed by atoms with Crippen LogP contribution >= 0.6 is 0 Å². The number of hydrogen-bond acceptors (Lipinski definition) is 3. The summed E-state index contributed by atoms with van der Waals surface area (Å²) in [7, 11) is 0. The van der Waals surface area contributed by atoms with Crippen LogP contribution in [0, 0.1) is 5.92 Å². The Balaban J connectivity index is 2.22. The number of amides is 1. The number of halogens is 3. The van der Waals surface area contributed by atoms with Gasteiger partial charge >= 0.3 is 6.18 Å². The lowest BCUT2D eigenvalue weighted by Crippen LogP contribution is -2.45. The van der Waals surface area contributed by atoms with Crippen molar-refractivity contribution in [1.82, 2.24) is 10.2 Å². The quantitative estimate of drug-likeness (QED) is 0.789. The van der Waals surface area contributed by atoms with Gasteiger partial charge in [-0.3, -0.25) is 9.69 Å². The minimum absolute atomic E-state index is 0.0295. The number of nitrogens with zero attached hydrogens (tertiary/aromatic N) is 1. The molecular formula is C11H20F3N3O. The summed E-state index contributed by atoms with van der Waals surface area (Å²) in [5.74, 6) is -0.133. The summed E-state index contributed by atoms with van der Waals surface area (Å²) in [6, 6.07) is 0.131. The number of nitrogens with two attached hydrogens (primary N) is 1. The van der Waals surface area contributed by atoms with Crippen LogP contribution in [0.3, 0.4) is 0 Å². The van der Waals surface area contributed by atoms with Gasteiger partial charge in [0.1, 0.15) is 6.54 Å². The first kappa shape index (κ1) is 15.2. The van der Waals surface area contributed by atoms with Gasteiger partial charge in [0.05, 0.1) is 6.54 Å². The van der Waals surface area contributed by atoms with Crippen molar-refractivity contribution in [1.29, 1.82) is 0 Å². The Kier molecular flexibility index (Phi) is 5.40. The topological polar surface area (TPSA) is 58.4 Å². The summed E-state index contributed by atoms with van der Waals surface area (Å²) in [5, 5.41) is 1.87. The second-order valence-corrected chi connectivity index (χ2v) is 4.86.